The van der Waals surface area contributed by atoms with E-state index in [-0.39, 0.29) is 0 Å². The number of imidazole rings is 1. The van der Waals surface area contributed by atoms with Crippen LogP contribution in [0.1, 0.15) is 45.2 Å². The fourth-order valence-corrected chi connectivity index (χ4v) is 4.54. The molecule has 3 rings (SSSR count). The molecule has 3 nitrogen and oxygen atoms in total. The highest BCUT2D eigenvalue weighted by Gasteiger charge is 2.28. The van der Waals surface area contributed by atoms with Crippen molar-refractivity contribution < 1.29 is 0 Å². The maximum absolute atomic E-state index is 4.74. The van der Waals surface area contributed by atoms with Crippen molar-refractivity contribution in [2.45, 2.75) is 52.0 Å². The van der Waals surface area contributed by atoms with Crippen LogP contribution in [0.5, 0.6) is 0 Å². The molecule has 1 aliphatic rings. The third-order valence-electron chi connectivity index (χ3n) is 5.27. The first-order valence-corrected chi connectivity index (χ1v) is 9.13. The Balaban J connectivity index is 1.61. The first kappa shape index (κ1) is 15.0. The number of likely N-dealkylation sites (N-methyl/N-ethyl adjacent to an activating group) is 1. The van der Waals surface area contributed by atoms with E-state index in [0.29, 0.717) is 6.04 Å². The Morgan fingerprint density at radius 2 is 2.00 bits per heavy atom. The smallest absolute Gasteiger partial charge is 0.193 e. The van der Waals surface area contributed by atoms with E-state index in [1.807, 2.05) is 0 Å². The molecule has 0 spiro atoms. The van der Waals surface area contributed by atoms with E-state index in [0.717, 1.165) is 29.1 Å². The highest BCUT2D eigenvalue weighted by molar-refractivity contribution is 7.15. The van der Waals surface area contributed by atoms with Gasteiger partial charge in [0.25, 0.3) is 0 Å². The molecule has 0 radical (unpaired) electrons. The van der Waals surface area contributed by atoms with Gasteiger partial charge in [0.15, 0.2) is 4.96 Å². The Labute approximate surface area is 131 Å². The van der Waals surface area contributed by atoms with Crippen molar-refractivity contribution in [3.8, 4) is 0 Å². The lowest BCUT2D eigenvalue weighted by Gasteiger charge is -2.35. The molecular weight excluding hydrogens is 278 g/mol. The molecule has 1 fully saturated rings. The summed E-state index contributed by atoms with van der Waals surface area (Å²) in [6.45, 7) is 4.75. The number of fused-ring (bicyclic) bond motifs is 1. The van der Waals surface area contributed by atoms with Gasteiger partial charge in [0.2, 0.25) is 0 Å². The van der Waals surface area contributed by atoms with Crippen LogP contribution in [0.25, 0.3) is 4.96 Å². The Morgan fingerprint density at radius 1 is 1.29 bits per heavy atom. The third-order valence-corrected chi connectivity index (χ3v) is 6.04. The maximum atomic E-state index is 4.74. The summed E-state index contributed by atoms with van der Waals surface area (Å²) in [7, 11) is 2.11. The number of hydrogen-bond donors (Lipinski definition) is 1. The summed E-state index contributed by atoms with van der Waals surface area (Å²) in [5, 5.41) is 5.65. The highest BCUT2D eigenvalue weighted by atomic mass is 32.1. The van der Waals surface area contributed by atoms with Gasteiger partial charge in [-0.2, -0.15) is 0 Å². The van der Waals surface area contributed by atoms with Gasteiger partial charge in [0.05, 0.1) is 5.69 Å². The second-order valence-corrected chi connectivity index (χ2v) is 7.72. The van der Waals surface area contributed by atoms with Crippen LogP contribution in [0.2, 0.25) is 0 Å². The quantitative estimate of drug-likeness (QED) is 0.905. The molecular formula is C17H27N3S. The van der Waals surface area contributed by atoms with Gasteiger partial charge >= 0.3 is 0 Å². The van der Waals surface area contributed by atoms with Gasteiger partial charge in [-0.25, -0.2) is 4.98 Å². The average molecular weight is 305 g/mol. The minimum atomic E-state index is 0.572. The van der Waals surface area contributed by atoms with Crippen LogP contribution < -0.4 is 5.32 Å². The fraction of sp³-hybridized carbons (Fsp3) is 0.706. The van der Waals surface area contributed by atoms with E-state index in [4.69, 9.17) is 4.98 Å². The molecule has 0 bridgehead atoms. The summed E-state index contributed by atoms with van der Waals surface area (Å²) in [6.07, 6.45) is 10.9. The van der Waals surface area contributed by atoms with Crippen LogP contribution in [0.4, 0.5) is 0 Å². The molecule has 0 aromatic carbocycles. The first-order valence-electron chi connectivity index (χ1n) is 8.25. The normalized spacial score (nSPS) is 24.8. The van der Waals surface area contributed by atoms with Gasteiger partial charge in [0, 0.05) is 30.2 Å². The lowest BCUT2D eigenvalue weighted by Crippen LogP contribution is -2.38. The van der Waals surface area contributed by atoms with Gasteiger partial charge in [0.1, 0.15) is 0 Å². The zero-order valence-electron chi connectivity index (χ0n) is 13.4. The number of hydrogen-bond acceptors (Lipinski definition) is 3. The van der Waals surface area contributed by atoms with Crippen LogP contribution in [0.15, 0.2) is 17.8 Å². The molecule has 1 saturated carbocycles. The Morgan fingerprint density at radius 3 is 2.62 bits per heavy atom. The van der Waals surface area contributed by atoms with Crippen molar-refractivity contribution in [3.05, 3.63) is 23.5 Å². The SMILES string of the molecule is CNC(Cc1cn2ccsc2n1)C1CCC(C(C)C)CC1. The lowest BCUT2D eigenvalue weighted by molar-refractivity contribution is 0.191. The topological polar surface area (TPSA) is 29.3 Å². The second-order valence-electron chi connectivity index (χ2n) is 6.84. The van der Waals surface area contributed by atoms with E-state index in [1.54, 1.807) is 11.3 Å². The van der Waals surface area contributed by atoms with Gasteiger partial charge in [-0.1, -0.05) is 13.8 Å². The van der Waals surface area contributed by atoms with E-state index in [9.17, 15) is 0 Å². The Kier molecular flexibility index (Phi) is 4.65. The van der Waals surface area contributed by atoms with Crippen LogP contribution in [-0.4, -0.2) is 22.5 Å². The van der Waals surface area contributed by atoms with Gasteiger partial charge < -0.3 is 5.32 Å². The fourth-order valence-electron chi connectivity index (χ4n) is 3.82. The van der Waals surface area contributed by atoms with Crippen molar-refractivity contribution in [3.63, 3.8) is 0 Å². The van der Waals surface area contributed by atoms with E-state index in [2.05, 4.69) is 48.4 Å². The van der Waals surface area contributed by atoms with Crippen molar-refractivity contribution in [2.24, 2.45) is 17.8 Å². The van der Waals surface area contributed by atoms with E-state index < -0.39 is 0 Å². The molecule has 2 aromatic rings. The molecule has 21 heavy (non-hydrogen) atoms. The van der Waals surface area contributed by atoms with Crippen molar-refractivity contribution in [1.82, 2.24) is 14.7 Å². The predicted molar refractivity (Wildman–Crippen MR) is 89.9 cm³/mol. The average Bonchev–Trinajstić information content (AvgIpc) is 3.06. The predicted octanol–water partition coefficient (Wildman–Crippen LogP) is 3.99. The van der Waals surface area contributed by atoms with Gasteiger partial charge in [-0.15, -0.1) is 11.3 Å². The van der Waals surface area contributed by atoms with E-state index >= 15 is 0 Å². The molecule has 4 heteroatoms. The van der Waals surface area contributed by atoms with Gasteiger partial charge in [-0.3, -0.25) is 4.40 Å². The maximum Gasteiger partial charge on any atom is 0.193 e. The molecule has 1 unspecified atom stereocenters. The molecule has 0 aliphatic heterocycles. The zero-order chi connectivity index (χ0) is 14.8. The molecule has 0 saturated heterocycles. The third kappa shape index (κ3) is 3.32. The number of nitrogens with one attached hydrogen (secondary N) is 1. The summed E-state index contributed by atoms with van der Waals surface area (Å²) >= 11 is 1.71. The zero-order valence-corrected chi connectivity index (χ0v) is 14.2. The summed E-state index contributed by atoms with van der Waals surface area (Å²) in [5.41, 5.74) is 1.23. The molecule has 0 amide bonds. The van der Waals surface area contributed by atoms with Crippen LogP contribution >= 0.6 is 11.3 Å². The van der Waals surface area contributed by atoms with Crippen LogP contribution in [0.3, 0.4) is 0 Å². The molecule has 2 heterocycles. The standard InChI is InChI=1S/C17H27N3S/c1-12(2)13-4-6-14(7-5-13)16(18-3)10-15-11-20-8-9-21-17(20)19-15/h8-9,11-14,16,18H,4-7,10H2,1-3H3. The minimum Gasteiger partial charge on any atom is -0.316 e. The summed E-state index contributed by atoms with van der Waals surface area (Å²) in [4.78, 5) is 5.85. The van der Waals surface area contributed by atoms with Crippen molar-refractivity contribution >= 4 is 16.3 Å². The Hall–Kier alpha value is -0.870. The Bertz CT molecular complexity index is 535. The van der Waals surface area contributed by atoms with Crippen molar-refractivity contribution in [2.75, 3.05) is 7.05 Å². The first-order chi connectivity index (χ1) is 10.2. The summed E-state index contributed by atoms with van der Waals surface area (Å²) < 4.78 is 2.14. The molecule has 1 atom stereocenters. The number of thiazole rings is 1. The number of aromatic nitrogens is 2. The summed E-state index contributed by atoms with van der Waals surface area (Å²) in [5.74, 6) is 2.60. The highest BCUT2D eigenvalue weighted by Crippen LogP contribution is 2.35. The monoisotopic (exact) mass is 305 g/mol. The van der Waals surface area contributed by atoms with E-state index in [1.165, 1.54) is 31.4 Å². The minimum absolute atomic E-state index is 0.572. The molecule has 1 aliphatic carbocycles. The van der Waals surface area contributed by atoms with Gasteiger partial charge in [-0.05, 0) is 50.5 Å². The molecule has 116 valence electrons. The number of nitrogens with zero attached hydrogens (tertiary/aromatic N) is 2. The second kappa shape index (κ2) is 6.49. The van der Waals surface area contributed by atoms with Crippen molar-refractivity contribution in [1.29, 1.82) is 0 Å². The van der Waals surface area contributed by atoms with Crippen LogP contribution in [0, 0.1) is 17.8 Å². The lowest BCUT2D eigenvalue weighted by atomic mass is 9.74. The molecule has 1 N–H and O–H groups in total. The van der Waals surface area contributed by atoms with Crippen LogP contribution in [-0.2, 0) is 6.42 Å². The molecule has 2 aromatic heterocycles. The number of rotatable bonds is 5. The summed E-state index contributed by atoms with van der Waals surface area (Å²) in [6, 6.07) is 0.572. The largest absolute Gasteiger partial charge is 0.316 e.